The van der Waals surface area contributed by atoms with Gasteiger partial charge in [0.15, 0.2) is 0 Å². The molecule has 0 spiro atoms. The normalized spacial score (nSPS) is 10.4. The lowest BCUT2D eigenvalue weighted by molar-refractivity contribution is -0.117. The van der Waals surface area contributed by atoms with Crippen molar-refractivity contribution in [2.45, 2.75) is 6.54 Å². The molecule has 0 atom stereocenters. The second-order valence-corrected chi connectivity index (χ2v) is 5.75. The van der Waals surface area contributed by atoms with E-state index in [2.05, 4.69) is 15.4 Å². The van der Waals surface area contributed by atoms with Gasteiger partial charge in [0.05, 0.1) is 24.0 Å². The molecule has 0 radical (unpaired) electrons. The Kier molecular flexibility index (Phi) is 5.28. The minimum Gasteiger partial charge on any atom is -0.495 e. The number of nitrogens with zero attached hydrogens (tertiary/aromatic N) is 3. The summed E-state index contributed by atoms with van der Waals surface area (Å²) < 4.78 is 6.05. The van der Waals surface area contributed by atoms with Gasteiger partial charge in [0.25, 0.3) is 0 Å². The molecule has 0 saturated carbocycles. The lowest BCUT2D eigenvalue weighted by atomic mass is 10.2. The first kappa shape index (κ1) is 17.6. The van der Waals surface area contributed by atoms with E-state index in [4.69, 9.17) is 16.3 Å². The lowest BCUT2D eigenvalue weighted by Gasteiger charge is -2.09. The standard InChI is InChI=1S/C18H15ClN4O3/c1-26-16-8-7-13(9-14(16)19)21-17(24)11-23-18(25)22-15(10-20-23)12-5-3-2-4-6-12/h2-10H,11H2,1H3,(H,21,24). The predicted molar refractivity (Wildman–Crippen MR) is 98.4 cm³/mol. The second-order valence-electron chi connectivity index (χ2n) is 5.35. The van der Waals surface area contributed by atoms with Crippen LogP contribution in [0, 0.1) is 0 Å². The maximum atomic E-state index is 12.1. The highest BCUT2D eigenvalue weighted by molar-refractivity contribution is 6.32. The van der Waals surface area contributed by atoms with Crippen LogP contribution in [0.25, 0.3) is 11.3 Å². The van der Waals surface area contributed by atoms with Gasteiger partial charge in [0.2, 0.25) is 5.91 Å². The number of ether oxygens (including phenoxy) is 1. The van der Waals surface area contributed by atoms with Crippen molar-refractivity contribution in [3.05, 3.63) is 70.2 Å². The fourth-order valence-corrected chi connectivity index (χ4v) is 2.56. The first-order chi connectivity index (χ1) is 12.6. The molecule has 0 fully saturated rings. The van der Waals surface area contributed by atoms with Crippen LogP contribution in [-0.4, -0.2) is 27.8 Å². The average Bonchev–Trinajstić information content (AvgIpc) is 2.64. The molecule has 26 heavy (non-hydrogen) atoms. The molecule has 3 aromatic rings. The number of halogens is 1. The summed E-state index contributed by atoms with van der Waals surface area (Å²) in [5, 5.41) is 7.04. The highest BCUT2D eigenvalue weighted by Crippen LogP contribution is 2.27. The van der Waals surface area contributed by atoms with Crippen molar-refractivity contribution in [3.63, 3.8) is 0 Å². The molecule has 1 heterocycles. The molecule has 1 N–H and O–H groups in total. The summed E-state index contributed by atoms with van der Waals surface area (Å²) in [4.78, 5) is 28.2. The number of amides is 1. The number of nitrogens with one attached hydrogen (secondary N) is 1. The molecule has 8 heteroatoms. The van der Waals surface area contributed by atoms with Crippen molar-refractivity contribution in [3.8, 4) is 17.0 Å². The van der Waals surface area contributed by atoms with Crippen LogP contribution >= 0.6 is 11.6 Å². The van der Waals surface area contributed by atoms with Crippen LogP contribution < -0.4 is 15.7 Å². The molecule has 0 unspecified atom stereocenters. The zero-order valence-electron chi connectivity index (χ0n) is 13.8. The summed E-state index contributed by atoms with van der Waals surface area (Å²) in [6.07, 6.45) is 1.45. The maximum absolute atomic E-state index is 12.1. The molecule has 3 rings (SSSR count). The average molecular weight is 371 g/mol. The Bertz CT molecular complexity index is 989. The third-order valence-corrected chi connectivity index (χ3v) is 3.85. The number of carbonyl (C=O) groups is 1. The largest absolute Gasteiger partial charge is 0.495 e. The Labute approximate surface area is 154 Å². The van der Waals surface area contributed by atoms with Crippen molar-refractivity contribution < 1.29 is 9.53 Å². The maximum Gasteiger partial charge on any atom is 0.365 e. The number of benzene rings is 2. The molecule has 0 bridgehead atoms. The van der Waals surface area contributed by atoms with Crippen LogP contribution in [0.3, 0.4) is 0 Å². The summed E-state index contributed by atoms with van der Waals surface area (Å²) >= 11 is 6.02. The third-order valence-electron chi connectivity index (χ3n) is 3.55. The van der Waals surface area contributed by atoms with Crippen LogP contribution in [0.1, 0.15) is 0 Å². The zero-order chi connectivity index (χ0) is 18.5. The Morgan fingerprint density at radius 3 is 2.65 bits per heavy atom. The number of carbonyl (C=O) groups excluding carboxylic acids is 1. The van der Waals surface area contributed by atoms with Crippen LogP contribution in [0.4, 0.5) is 5.69 Å². The van der Waals surface area contributed by atoms with E-state index >= 15 is 0 Å². The van der Waals surface area contributed by atoms with Gasteiger partial charge < -0.3 is 10.1 Å². The quantitative estimate of drug-likeness (QED) is 0.746. The summed E-state index contributed by atoms with van der Waals surface area (Å²) in [7, 11) is 1.50. The molecular weight excluding hydrogens is 356 g/mol. The molecule has 2 aromatic carbocycles. The van der Waals surface area contributed by atoms with Gasteiger partial charge in [-0.2, -0.15) is 10.1 Å². The number of hydrogen-bond acceptors (Lipinski definition) is 5. The van der Waals surface area contributed by atoms with Gasteiger partial charge in [0, 0.05) is 11.3 Å². The van der Waals surface area contributed by atoms with Crippen molar-refractivity contribution in [1.82, 2.24) is 14.8 Å². The Balaban J connectivity index is 1.71. The van der Waals surface area contributed by atoms with Crippen LogP contribution in [0.2, 0.25) is 5.02 Å². The molecule has 1 amide bonds. The summed E-state index contributed by atoms with van der Waals surface area (Å²) in [6.45, 7) is -0.259. The number of methoxy groups -OCH3 is 1. The minimum absolute atomic E-state index is 0.259. The monoisotopic (exact) mass is 370 g/mol. The van der Waals surface area contributed by atoms with E-state index in [1.165, 1.54) is 13.3 Å². The van der Waals surface area contributed by atoms with Crippen LogP contribution in [-0.2, 0) is 11.3 Å². The van der Waals surface area contributed by atoms with Crippen molar-refractivity contribution in [1.29, 1.82) is 0 Å². The highest BCUT2D eigenvalue weighted by Gasteiger charge is 2.10. The first-order valence-corrected chi connectivity index (χ1v) is 8.07. The molecule has 7 nitrogen and oxygen atoms in total. The van der Waals surface area contributed by atoms with E-state index < -0.39 is 11.6 Å². The molecule has 0 saturated heterocycles. The van der Waals surface area contributed by atoms with E-state index in [0.717, 1.165) is 10.2 Å². The van der Waals surface area contributed by atoms with E-state index in [1.54, 1.807) is 18.2 Å². The molecule has 0 aliphatic carbocycles. The third kappa shape index (κ3) is 4.07. The summed E-state index contributed by atoms with van der Waals surface area (Å²) in [5.41, 5.74) is 1.12. The smallest absolute Gasteiger partial charge is 0.365 e. The van der Waals surface area contributed by atoms with Crippen molar-refractivity contribution in [2.24, 2.45) is 0 Å². The number of aromatic nitrogens is 3. The van der Waals surface area contributed by atoms with Crippen LogP contribution in [0.5, 0.6) is 5.75 Å². The summed E-state index contributed by atoms with van der Waals surface area (Å²) in [6, 6.07) is 14.1. The number of anilines is 1. The molecule has 0 aliphatic heterocycles. The first-order valence-electron chi connectivity index (χ1n) is 7.70. The number of rotatable bonds is 5. The lowest BCUT2D eigenvalue weighted by Crippen LogP contribution is -2.31. The van der Waals surface area contributed by atoms with Gasteiger partial charge in [-0.3, -0.25) is 4.79 Å². The van der Waals surface area contributed by atoms with Crippen molar-refractivity contribution in [2.75, 3.05) is 12.4 Å². The Hall–Kier alpha value is -3.19. The zero-order valence-corrected chi connectivity index (χ0v) is 14.6. The van der Waals surface area contributed by atoms with Crippen LogP contribution in [0.15, 0.2) is 59.5 Å². The van der Waals surface area contributed by atoms with Gasteiger partial charge in [-0.25, -0.2) is 9.48 Å². The number of hydrogen-bond donors (Lipinski definition) is 1. The van der Waals surface area contributed by atoms with E-state index in [9.17, 15) is 9.59 Å². The van der Waals surface area contributed by atoms with Gasteiger partial charge in [-0.1, -0.05) is 41.9 Å². The molecule has 132 valence electrons. The molecular formula is C18H15ClN4O3. The van der Waals surface area contributed by atoms with Gasteiger partial charge in [-0.05, 0) is 18.2 Å². The van der Waals surface area contributed by atoms with Gasteiger partial charge >= 0.3 is 5.69 Å². The van der Waals surface area contributed by atoms with E-state index in [1.807, 2.05) is 30.3 Å². The predicted octanol–water partition coefficient (Wildman–Crippen LogP) is 2.61. The molecule has 0 aliphatic rings. The SMILES string of the molecule is COc1ccc(NC(=O)Cn2ncc(-c3ccccc3)nc2=O)cc1Cl. The fraction of sp³-hybridized carbons (Fsp3) is 0.111. The second kappa shape index (κ2) is 7.79. The Morgan fingerprint density at radius 2 is 2.00 bits per heavy atom. The van der Waals surface area contributed by atoms with Gasteiger partial charge in [-0.15, -0.1) is 0 Å². The minimum atomic E-state index is -0.603. The van der Waals surface area contributed by atoms with E-state index in [0.29, 0.717) is 22.2 Å². The van der Waals surface area contributed by atoms with Gasteiger partial charge in [0.1, 0.15) is 12.3 Å². The molecule has 1 aromatic heterocycles. The topological polar surface area (TPSA) is 86.1 Å². The van der Waals surface area contributed by atoms with Crippen molar-refractivity contribution >= 4 is 23.2 Å². The fourth-order valence-electron chi connectivity index (χ4n) is 2.30. The van der Waals surface area contributed by atoms with E-state index in [-0.39, 0.29) is 6.54 Å². The Morgan fingerprint density at radius 1 is 1.23 bits per heavy atom. The summed E-state index contributed by atoms with van der Waals surface area (Å²) in [5.74, 6) is 0.0818. The highest BCUT2D eigenvalue weighted by atomic mass is 35.5.